The lowest BCUT2D eigenvalue weighted by Crippen LogP contribution is -2.44. The van der Waals surface area contributed by atoms with Crippen LogP contribution in [0, 0.1) is 11.8 Å². The minimum absolute atomic E-state index is 0.00777. The lowest BCUT2D eigenvalue weighted by Gasteiger charge is -2.34. The number of nitrogens with zero attached hydrogens (tertiary/aromatic N) is 1. The number of piperidine rings is 1. The maximum Gasteiger partial charge on any atom is 0.270 e. The Bertz CT molecular complexity index is 877. The molecule has 0 bridgehead atoms. The van der Waals surface area contributed by atoms with Crippen LogP contribution in [-0.4, -0.2) is 47.9 Å². The third kappa shape index (κ3) is 4.26. The number of fused-ring (bicyclic) bond motifs is 1. The van der Waals surface area contributed by atoms with Crippen molar-refractivity contribution in [1.82, 2.24) is 15.2 Å². The molecule has 4 rings (SSSR count). The Balaban J connectivity index is 1.34. The van der Waals surface area contributed by atoms with E-state index in [2.05, 4.69) is 10.3 Å². The van der Waals surface area contributed by atoms with Crippen LogP contribution >= 0.6 is 0 Å². The number of likely N-dealkylation sites (tertiary alicyclic amines) is 1. The molecule has 2 aromatic rings. The van der Waals surface area contributed by atoms with E-state index >= 15 is 0 Å². The molecule has 2 heterocycles. The summed E-state index contributed by atoms with van der Waals surface area (Å²) in [4.78, 5) is 30.7. The quantitative estimate of drug-likeness (QED) is 0.807. The van der Waals surface area contributed by atoms with Gasteiger partial charge in [0.15, 0.2) is 0 Å². The van der Waals surface area contributed by atoms with Crippen molar-refractivity contribution >= 4 is 22.7 Å². The van der Waals surface area contributed by atoms with Crippen molar-refractivity contribution in [2.24, 2.45) is 11.8 Å². The first kappa shape index (κ1) is 19.8. The number of methoxy groups -OCH3 is 1. The minimum Gasteiger partial charge on any atom is -0.497 e. The van der Waals surface area contributed by atoms with Gasteiger partial charge in [0.25, 0.3) is 5.91 Å². The smallest absolute Gasteiger partial charge is 0.270 e. The third-order valence-electron chi connectivity index (χ3n) is 6.71. The Labute approximate surface area is 172 Å². The van der Waals surface area contributed by atoms with E-state index < -0.39 is 0 Å². The molecule has 156 valence electrons. The number of carbonyl (C=O) groups is 2. The summed E-state index contributed by atoms with van der Waals surface area (Å²) < 4.78 is 5.26. The molecule has 1 aliphatic carbocycles. The normalized spacial score (nSPS) is 19.4. The van der Waals surface area contributed by atoms with Crippen molar-refractivity contribution in [3.8, 4) is 5.75 Å². The molecule has 1 aromatic carbocycles. The fourth-order valence-electron chi connectivity index (χ4n) is 4.74. The summed E-state index contributed by atoms with van der Waals surface area (Å²) in [5.41, 5.74) is 1.51. The molecule has 1 aliphatic heterocycles. The molecule has 2 aliphatic rings. The van der Waals surface area contributed by atoms with Crippen LogP contribution in [-0.2, 0) is 4.79 Å². The van der Waals surface area contributed by atoms with Crippen molar-refractivity contribution < 1.29 is 14.3 Å². The van der Waals surface area contributed by atoms with E-state index in [4.69, 9.17) is 4.74 Å². The van der Waals surface area contributed by atoms with Crippen molar-refractivity contribution in [2.45, 2.75) is 51.5 Å². The highest BCUT2D eigenvalue weighted by Gasteiger charge is 2.31. The molecule has 2 amide bonds. The molecule has 6 nitrogen and oxygen atoms in total. The van der Waals surface area contributed by atoms with Crippen LogP contribution in [0.3, 0.4) is 0 Å². The standard InChI is InChI=1S/C23H31N3O3/c1-15(22(27)24-18-5-3-4-6-18)16-9-11-26(12-10-16)23(28)21-13-17-7-8-19(29-2)14-20(17)25-21/h7-8,13-16,18,25H,3-6,9-12H2,1-2H3,(H,24,27)/t15-/m0/s1. The van der Waals surface area contributed by atoms with Gasteiger partial charge < -0.3 is 19.9 Å². The van der Waals surface area contributed by atoms with Crippen molar-refractivity contribution in [3.63, 3.8) is 0 Å². The van der Waals surface area contributed by atoms with Crippen molar-refractivity contribution in [2.75, 3.05) is 20.2 Å². The summed E-state index contributed by atoms with van der Waals surface area (Å²) in [6, 6.07) is 8.03. The predicted molar refractivity (Wildman–Crippen MR) is 113 cm³/mol. The Kier molecular flexibility index (Phi) is 5.79. The highest BCUT2D eigenvalue weighted by molar-refractivity contribution is 5.98. The second-order valence-corrected chi connectivity index (χ2v) is 8.54. The van der Waals surface area contributed by atoms with Crippen LogP contribution in [0.1, 0.15) is 55.9 Å². The van der Waals surface area contributed by atoms with Crippen LogP contribution in [0.25, 0.3) is 10.9 Å². The van der Waals surface area contributed by atoms with E-state index in [1.165, 1.54) is 12.8 Å². The first-order chi connectivity index (χ1) is 14.0. The molecular formula is C23H31N3O3. The van der Waals surface area contributed by atoms with Crippen LogP contribution in [0.4, 0.5) is 0 Å². The van der Waals surface area contributed by atoms with E-state index in [-0.39, 0.29) is 17.7 Å². The molecule has 1 saturated heterocycles. The van der Waals surface area contributed by atoms with Gasteiger partial charge in [0, 0.05) is 42.0 Å². The Morgan fingerprint density at radius 1 is 1.14 bits per heavy atom. The molecule has 2 fully saturated rings. The first-order valence-corrected chi connectivity index (χ1v) is 10.8. The lowest BCUT2D eigenvalue weighted by atomic mass is 9.84. The molecule has 0 spiro atoms. The summed E-state index contributed by atoms with van der Waals surface area (Å²) in [5.74, 6) is 1.33. The van der Waals surface area contributed by atoms with E-state index in [1.54, 1.807) is 7.11 Å². The zero-order valence-electron chi connectivity index (χ0n) is 17.4. The van der Waals surface area contributed by atoms with E-state index in [9.17, 15) is 9.59 Å². The molecular weight excluding hydrogens is 366 g/mol. The number of aromatic nitrogens is 1. The van der Waals surface area contributed by atoms with Gasteiger partial charge in [0.2, 0.25) is 5.91 Å². The molecule has 0 unspecified atom stereocenters. The van der Waals surface area contributed by atoms with Crippen LogP contribution in [0.2, 0.25) is 0 Å². The summed E-state index contributed by atoms with van der Waals surface area (Å²) in [5, 5.41) is 4.23. The number of carbonyl (C=O) groups excluding carboxylic acids is 2. The van der Waals surface area contributed by atoms with E-state index in [1.807, 2.05) is 36.1 Å². The van der Waals surface area contributed by atoms with Gasteiger partial charge in [0.05, 0.1) is 7.11 Å². The number of nitrogens with one attached hydrogen (secondary N) is 2. The molecule has 1 aromatic heterocycles. The second-order valence-electron chi connectivity index (χ2n) is 8.54. The van der Waals surface area contributed by atoms with E-state index in [0.29, 0.717) is 30.7 Å². The summed E-state index contributed by atoms with van der Waals surface area (Å²) in [6.07, 6.45) is 6.42. The topological polar surface area (TPSA) is 74.4 Å². The van der Waals surface area contributed by atoms with Crippen LogP contribution < -0.4 is 10.1 Å². The molecule has 1 atom stereocenters. The van der Waals surface area contributed by atoms with Gasteiger partial charge in [-0.3, -0.25) is 9.59 Å². The van der Waals surface area contributed by atoms with Gasteiger partial charge in [-0.15, -0.1) is 0 Å². The number of hydrogen-bond acceptors (Lipinski definition) is 3. The number of hydrogen-bond donors (Lipinski definition) is 2. The maximum atomic E-state index is 12.9. The second kappa shape index (κ2) is 8.47. The van der Waals surface area contributed by atoms with Crippen LogP contribution in [0.15, 0.2) is 24.3 Å². The monoisotopic (exact) mass is 397 g/mol. The van der Waals surface area contributed by atoms with Gasteiger partial charge in [-0.1, -0.05) is 19.8 Å². The first-order valence-electron chi connectivity index (χ1n) is 10.8. The Morgan fingerprint density at radius 3 is 2.55 bits per heavy atom. The van der Waals surface area contributed by atoms with Gasteiger partial charge in [-0.2, -0.15) is 0 Å². The molecule has 2 N–H and O–H groups in total. The molecule has 6 heteroatoms. The van der Waals surface area contributed by atoms with Crippen molar-refractivity contribution in [3.05, 3.63) is 30.0 Å². The fourth-order valence-corrected chi connectivity index (χ4v) is 4.74. The Morgan fingerprint density at radius 2 is 1.86 bits per heavy atom. The number of rotatable bonds is 5. The SMILES string of the molecule is COc1ccc2cc(C(=O)N3CCC([C@H](C)C(=O)NC4CCCC4)CC3)[nH]c2c1. The lowest BCUT2D eigenvalue weighted by molar-refractivity contribution is -0.127. The number of ether oxygens (including phenoxy) is 1. The van der Waals surface area contributed by atoms with Gasteiger partial charge in [-0.05, 0) is 49.8 Å². The zero-order chi connectivity index (χ0) is 20.4. The van der Waals surface area contributed by atoms with Gasteiger partial charge in [0.1, 0.15) is 11.4 Å². The highest BCUT2D eigenvalue weighted by atomic mass is 16.5. The van der Waals surface area contributed by atoms with Crippen molar-refractivity contribution in [1.29, 1.82) is 0 Å². The predicted octanol–water partition coefficient (Wildman–Crippen LogP) is 3.72. The Hall–Kier alpha value is -2.50. The van der Waals surface area contributed by atoms with Gasteiger partial charge in [-0.25, -0.2) is 0 Å². The maximum absolute atomic E-state index is 12.9. The number of amides is 2. The minimum atomic E-state index is 0.00777. The fraction of sp³-hybridized carbons (Fsp3) is 0.565. The average molecular weight is 398 g/mol. The molecule has 29 heavy (non-hydrogen) atoms. The van der Waals surface area contributed by atoms with E-state index in [0.717, 1.165) is 42.3 Å². The third-order valence-corrected chi connectivity index (χ3v) is 6.71. The summed E-state index contributed by atoms with van der Waals surface area (Å²) >= 11 is 0. The number of H-pyrrole nitrogens is 1. The molecule has 0 radical (unpaired) electrons. The van der Waals surface area contributed by atoms with Crippen LogP contribution in [0.5, 0.6) is 5.75 Å². The van der Waals surface area contributed by atoms with Gasteiger partial charge >= 0.3 is 0 Å². The average Bonchev–Trinajstić information content (AvgIpc) is 3.41. The summed E-state index contributed by atoms with van der Waals surface area (Å²) in [7, 11) is 1.63. The highest BCUT2D eigenvalue weighted by Crippen LogP contribution is 2.28. The summed E-state index contributed by atoms with van der Waals surface area (Å²) in [6.45, 7) is 3.43. The number of aromatic amines is 1. The largest absolute Gasteiger partial charge is 0.497 e. The molecule has 1 saturated carbocycles. The number of benzene rings is 1. The zero-order valence-corrected chi connectivity index (χ0v) is 17.4.